The second kappa shape index (κ2) is 15.4. The number of halogens is 1. The summed E-state index contributed by atoms with van der Waals surface area (Å²) in [6.45, 7) is 20.9. The van der Waals surface area contributed by atoms with Crippen molar-refractivity contribution in [1.29, 1.82) is 0 Å². The third-order valence-corrected chi connectivity index (χ3v) is 5.71. The number of hydrogen-bond donors (Lipinski definition) is 0. The lowest BCUT2D eigenvalue weighted by Gasteiger charge is -2.34. The average Bonchev–Trinajstić information content (AvgIpc) is 2.73. The van der Waals surface area contributed by atoms with Crippen molar-refractivity contribution in [1.82, 2.24) is 0 Å². The number of ether oxygens (including phenoxy) is 1. The second-order valence-corrected chi connectivity index (χ2v) is 10.3. The van der Waals surface area contributed by atoms with Gasteiger partial charge in [0, 0.05) is 18.6 Å². The quantitative estimate of drug-likeness (QED) is 0.409. The maximum Gasteiger partial charge on any atom is 0.182 e. The molecule has 0 N–H and O–H groups in total. The molecule has 1 saturated heterocycles. The van der Waals surface area contributed by atoms with Crippen molar-refractivity contribution in [2.24, 2.45) is 16.3 Å². The van der Waals surface area contributed by atoms with Gasteiger partial charge < -0.3 is 4.74 Å². The maximum absolute atomic E-state index is 14.1. The van der Waals surface area contributed by atoms with Crippen LogP contribution >= 0.6 is 0 Å². The van der Waals surface area contributed by atoms with Crippen LogP contribution in [0, 0.1) is 18.3 Å². The first-order valence-electron chi connectivity index (χ1n) is 12.8. The van der Waals surface area contributed by atoms with E-state index >= 15 is 0 Å². The van der Waals surface area contributed by atoms with Gasteiger partial charge in [0.15, 0.2) is 5.67 Å². The minimum absolute atomic E-state index is 0.170. The first kappa shape index (κ1) is 31.4. The molecule has 0 spiro atoms. The summed E-state index contributed by atoms with van der Waals surface area (Å²) in [5.74, 6) is 1.43. The summed E-state index contributed by atoms with van der Waals surface area (Å²) in [7, 11) is 0. The molecule has 0 amide bonds. The van der Waals surface area contributed by atoms with Crippen LogP contribution in [-0.2, 0) is 15.2 Å². The molecule has 0 bridgehead atoms. The molecule has 1 heterocycles. The number of nitrogens with zero attached hydrogens (tertiary/aromatic N) is 1. The molecule has 0 aromatic heterocycles. The zero-order valence-corrected chi connectivity index (χ0v) is 23.1. The Balaban J connectivity index is 0.000000534. The monoisotopic (exact) mass is 463 g/mol. The summed E-state index contributed by atoms with van der Waals surface area (Å²) in [5.41, 5.74) is 2.62. The first-order chi connectivity index (χ1) is 15.4. The van der Waals surface area contributed by atoms with Gasteiger partial charge in [-0.15, -0.1) is 0 Å². The molecule has 0 unspecified atom stereocenters. The number of ketones is 1. The number of rotatable bonds is 5. The van der Waals surface area contributed by atoms with Crippen LogP contribution in [0.1, 0.15) is 112 Å². The van der Waals surface area contributed by atoms with Crippen molar-refractivity contribution in [3.05, 3.63) is 29.3 Å². The van der Waals surface area contributed by atoms with Gasteiger partial charge in [0.1, 0.15) is 5.78 Å². The van der Waals surface area contributed by atoms with Crippen LogP contribution in [0.15, 0.2) is 23.2 Å². The Kier molecular flexibility index (Phi) is 14.6. The highest BCUT2D eigenvalue weighted by Gasteiger charge is 2.40. The highest BCUT2D eigenvalue weighted by molar-refractivity contribution is 5.84. The number of hydrogen-bond acceptors (Lipinski definition) is 3. The van der Waals surface area contributed by atoms with Crippen molar-refractivity contribution in [3.63, 3.8) is 0 Å². The molecular formula is C29H50FNO2. The fourth-order valence-electron chi connectivity index (χ4n) is 3.12. The standard InChI is InChI=1S/C14H18FNO.C8H16O.C5H10.C2H6/c1-4-11(3)16-13-6-5-12(7-10(13)2)14(15)8-17-9-14;1-5-7(9)6-8(2,3)4;1-5-3-2-4-5;1-2/h5-7H,4,8-9H2,1-3H3;5-6H2,1-4H3;5H,2-4H2,1H3;1-2H3. The van der Waals surface area contributed by atoms with Crippen LogP contribution in [0.3, 0.4) is 0 Å². The normalized spacial score (nSPS) is 17.0. The van der Waals surface area contributed by atoms with E-state index in [1.54, 1.807) is 0 Å². The van der Waals surface area contributed by atoms with E-state index in [4.69, 9.17) is 4.74 Å². The molecule has 1 aromatic rings. The molecule has 0 radical (unpaired) electrons. The van der Waals surface area contributed by atoms with Crippen LogP contribution in [0.5, 0.6) is 0 Å². The molecule has 190 valence electrons. The molecule has 33 heavy (non-hydrogen) atoms. The first-order valence-corrected chi connectivity index (χ1v) is 12.8. The van der Waals surface area contributed by atoms with E-state index in [1.807, 2.05) is 52.8 Å². The topological polar surface area (TPSA) is 38.7 Å². The second-order valence-electron chi connectivity index (χ2n) is 10.3. The van der Waals surface area contributed by atoms with Crippen molar-refractivity contribution in [3.8, 4) is 0 Å². The molecule has 3 rings (SSSR count). The predicted molar refractivity (Wildman–Crippen MR) is 142 cm³/mol. The molecule has 0 atom stereocenters. The summed E-state index contributed by atoms with van der Waals surface area (Å²) in [6, 6.07) is 5.59. The minimum Gasteiger partial charge on any atom is -0.374 e. The van der Waals surface area contributed by atoms with Crippen molar-refractivity contribution >= 4 is 17.2 Å². The Morgan fingerprint density at radius 3 is 1.97 bits per heavy atom. The van der Waals surface area contributed by atoms with Gasteiger partial charge in [0.05, 0.1) is 18.9 Å². The van der Waals surface area contributed by atoms with E-state index in [0.717, 1.165) is 29.3 Å². The zero-order valence-electron chi connectivity index (χ0n) is 23.1. The lowest BCUT2D eigenvalue weighted by molar-refractivity contribution is -0.135. The Morgan fingerprint density at radius 2 is 1.70 bits per heavy atom. The molecule has 1 aliphatic heterocycles. The number of benzene rings is 1. The van der Waals surface area contributed by atoms with Gasteiger partial charge >= 0.3 is 0 Å². The van der Waals surface area contributed by atoms with E-state index in [2.05, 4.69) is 39.6 Å². The molecule has 2 fully saturated rings. The number of aliphatic imine (C=N–C) groups is 1. The number of carbonyl (C=O) groups is 1. The van der Waals surface area contributed by atoms with Crippen LogP contribution in [-0.4, -0.2) is 24.7 Å². The van der Waals surface area contributed by atoms with Gasteiger partial charge in [-0.25, -0.2) is 4.39 Å². The molecule has 1 saturated carbocycles. The summed E-state index contributed by atoms with van der Waals surface area (Å²) in [4.78, 5) is 15.3. The fourth-order valence-corrected chi connectivity index (χ4v) is 3.12. The lowest BCUT2D eigenvalue weighted by atomic mass is 9.88. The summed E-state index contributed by atoms with van der Waals surface area (Å²) < 4.78 is 19.1. The van der Waals surface area contributed by atoms with Gasteiger partial charge in [0.2, 0.25) is 0 Å². The number of alkyl halides is 1. The van der Waals surface area contributed by atoms with E-state index in [-0.39, 0.29) is 18.6 Å². The van der Waals surface area contributed by atoms with Gasteiger partial charge in [-0.3, -0.25) is 9.79 Å². The highest BCUT2D eigenvalue weighted by atomic mass is 19.1. The summed E-state index contributed by atoms with van der Waals surface area (Å²) in [5, 5.41) is 0. The predicted octanol–water partition coefficient (Wildman–Crippen LogP) is 8.93. The van der Waals surface area contributed by atoms with E-state index in [9.17, 15) is 9.18 Å². The average molecular weight is 464 g/mol. The van der Waals surface area contributed by atoms with E-state index < -0.39 is 5.67 Å². The molecular weight excluding hydrogens is 413 g/mol. The van der Waals surface area contributed by atoms with Gasteiger partial charge in [0.25, 0.3) is 0 Å². The summed E-state index contributed by atoms with van der Waals surface area (Å²) in [6.07, 6.45) is 6.78. The minimum atomic E-state index is -1.28. The zero-order chi connectivity index (χ0) is 25.7. The molecule has 1 aliphatic carbocycles. The maximum atomic E-state index is 14.1. The Labute approximate surface area is 203 Å². The lowest BCUT2D eigenvalue weighted by Crippen LogP contribution is -2.42. The van der Waals surface area contributed by atoms with Gasteiger partial charge in [-0.1, -0.05) is 86.8 Å². The van der Waals surface area contributed by atoms with Crippen LogP contribution < -0.4 is 0 Å². The highest BCUT2D eigenvalue weighted by Crippen LogP contribution is 2.35. The van der Waals surface area contributed by atoms with E-state index in [0.29, 0.717) is 24.2 Å². The fraction of sp³-hybridized carbons (Fsp3) is 0.724. The van der Waals surface area contributed by atoms with Crippen molar-refractivity contribution in [2.75, 3.05) is 13.2 Å². The Morgan fingerprint density at radius 1 is 1.15 bits per heavy atom. The molecule has 2 aliphatic rings. The Bertz CT molecular complexity index is 726. The molecule has 1 aromatic carbocycles. The van der Waals surface area contributed by atoms with Crippen LogP contribution in [0.4, 0.5) is 10.1 Å². The van der Waals surface area contributed by atoms with Crippen molar-refractivity contribution in [2.45, 2.75) is 113 Å². The number of Topliss-reactive ketones (excluding diaryl/α,β-unsaturated/α-hetero) is 1. The number of carbonyl (C=O) groups excluding carboxylic acids is 1. The van der Waals surface area contributed by atoms with Gasteiger partial charge in [-0.2, -0.15) is 0 Å². The SMILES string of the molecule is CC.CC1CCC1.CCC(=O)CC(C)(C)C.CCC(C)=Nc1ccc(C2(F)COC2)cc1C. The molecule has 4 heteroatoms. The van der Waals surface area contributed by atoms with Crippen LogP contribution in [0.25, 0.3) is 0 Å². The molecule has 3 nitrogen and oxygen atoms in total. The van der Waals surface area contributed by atoms with Crippen molar-refractivity contribution < 1.29 is 13.9 Å². The Hall–Kier alpha value is -1.55. The summed E-state index contributed by atoms with van der Waals surface area (Å²) >= 11 is 0. The largest absolute Gasteiger partial charge is 0.374 e. The third-order valence-electron chi connectivity index (χ3n) is 5.71. The smallest absolute Gasteiger partial charge is 0.182 e. The van der Waals surface area contributed by atoms with Crippen LogP contribution in [0.2, 0.25) is 0 Å². The third kappa shape index (κ3) is 12.5. The number of aryl methyl sites for hydroxylation is 1. The van der Waals surface area contributed by atoms with Gasteiger partial charge in [-0.05, 0) is 48.8 Å². The van der Waals surface area contributed by atoms with E-state index in [1.165, 1.54) is 19.3 Å².